The summed E-state index contributed by atoms with van der Waals surface area (Å²) in [4.78, 5) is 14.3. The van der Waals surface area contributed by atoms with Crippen molar-refractivity contribution < 1.29 is 14.6 Å². The Balaban J connectivity index is 1.94. The van der Waals surface area contributed by atoms with Crippen LogP contribution < -0.4 is 26.4 Å². The fraction of sp³-hybridized carbons (Fsp3) is 0.750. The lowest BCUT2D eigenvalue weighted by Crippen LogP contribution is -3.14. The van der Waals surface area contributed by atoms with Crippen LogP contribution >= 0.6 is 0 Å². The van der Waals surface area contributed by atoms with Crippen LogP contribution in [0.4, 0.5) is 4.79 Å². The van der Waals surface area contributed by atoms with Crippen molar-refractivity contribution in [2.24, 2.45) is 11.1 Å². The highest BCUT2D eigenvalue weighted by Crippen LogP contribution is 2.32. The number of primary amides is 1. The van der Waals surface area contributed by atoms with Gasteiger partial charge >= 0.3 is 6.03 Å². The van der Waals surface area contributed by atoms with Crippen LogP contribution in [0.1, 0.15) is 13.3 Å². The van der Waals surface area contributed by atoms with Crippen LogP contribution in [0.3, 0.4) is 0 Å². The summed E-state index contributed by atoms with van der Waals surface area (Å²) in [5.41, 5.74) is 13.8. The monoisotopic (exact) mass is 253 g/mol. The Kier molecular flexibility index (Phi) is 2.71. The highest BCUT2D eigenvalue weighted by molar-refractivity contribution is 5.71. The van der Waals surface area contributed by atoms with Gasteiger partial charge in [0.1, 0.15) is 31.6 Å². The van der Waals surface area contributed by atoms with Gasteiger partial charge in [0, 0.05) is 0 Å². The molecule has 2 amide bonds. The molecule has 18 heavy (non-hydrogen) atoms. The summed E-state index contributed by atoms with van der Waals surface area (Å²) in [6, 6.07) is -0.513. The summed E-state index contributed by atoms with van der Waals surface area (Å²) in [6.07, 6.45) is 1.12. The van der Waals surface area contributed by atoms with Crippen molar-refractivity contribution in [3.63, 3.8) is 0 Å². The molecule has 100 valence electrons. The third-order valence-corrected chi connectivity index (χ3v) is 4.81. The van der Waals surface area contributed by atoms with Crippen molar-refractivity contribution in [3.05, 3.63) is 11.3 Å². The molecule has 6 nitrogen and oxygen atoms in total. The average Bonchev–Trinajstić information content (AvgIpc) is 2.56. The van der Waals surface area contributed by atoms with Gasteiger partial charge in [0.15, 0.2) is 0 Å². The molecular weight excluding hydrogens is 230 g/mol. The zero-order valence-corrected chi connectivity index (χ0v) is 10.9. The number of hydrogen-bond donors (Lipinski definition) is 5. The molecule has 0 saturated carbocycles. The van der Waals surface area contributed by atoms with E-state index in [2.05, 4.69) is 17.8 Å². The molecule has 2 unspecified atom stereocenters. The first-order chi connectivity index (χ1) is 8.63. The lowest BCUT2D eigenvalue weighted by Gasteiger charge is -2.43. The van der Waals surface area contributed by atoms with Gasteiger partial charge in [0.25, 0.3) is 0 Å². The molecule has 0 aliphatic carbocycles. The van der Waals surface area contributed by atoms with E-state index < -0.39 is 6.03 Å². The zero-order valence-electron chi connectivity index (χ0n) is 10.9. The fourth-order valence-electron chi connectivity index (χ4n) is 4.02. The molecule has 2 saturated heterocycles. The number of nitrogens with one attached hydrogen (secondary N) is 4. The van der Waals surface area contributed by atoms with Crippen molar-refractivity contribution in [1.29, 1.82) is 0 Å². The van der Waals surface area contributed by atoms with Crippen molar-refractivity contribution >= 4 is 6.03 Å². The lowest BCUT2D eigenvalue weighted by molar-refractivity contribution is -0.918. The van der Waals surface area contributed by atoms with Crippen molar-refractivity contribution in [2.45, 2.75) is 13.3 Å². The SMILES string of the molecule is CCC12C[NH+]3CC[NH+](CC(=C1NNC(N)=O)C3)C2. The van der Waals surface area contributed by atoms with Gasteiger partial charge < -0.3 is 15.5 Å². The van der Waals surface area contributed by atoms with Crippen LogP contribution in [0, 0.1) is 5.41 Å². The third-order valence-electron chi connectivity index (χ3n) is 4.81. The first-order valence-electron chi connectivity index (χ1n) is 6.84. The molecule has 2 atom stereocenters. The number of quaternary nitrogens is 2. The standard InChI is InChI=1S/C12H21N5O/c1-2-12-7-16-3-4-17(8-12)6-9(5-16)10(12)14-15-11(13)18/h14H,2-8H2,1H3,(H3,13,15,18)/p+2. The molecule has 6 heteroatoms. The lowest BCUT2D eigenvalue weighted by atomic mass is 9.74. The van der Waals surface area contributed by atoms with E-state index in [1.807, 2.05) is 0 Å². The van der Waals surface area contributed by atoms with Crippen LogP contribution in [-0.2, 0) is 0 Å². The molecule has 0 spiro atoms. The second-order valence-corrected chi connectivity index (χ2v) is 5.93. The molecule has 6 N–H and O–H groups in total. The Morgan fingerprint density at radius 2 is 1.94 bits per heavy atom. The minimum absolute atomic E-state index is 0.204. The van der Waals surface area contributed by atoms with E-state index in [4.69, 9.17) is 5.73 Å². The molecule has 4 heterocycles. The van der Waals surface area contributed by atoms with Gasteiger partial charge in [0.2, 0.25) is 0 Å². The maximum atomic E-state index is 10.9. The maximum absolute atomic E-state index is 10.9. The van der Waals surface area contributed by atoms with Crippen LogP contribution in [0.2, 0.25) is 0 Å². The Morgan fingerprint density at radius 3 is 2.44 bits per heavy atom. The molecule has 0 radical (unpaired) electrons. The topological polar surface area (TPSA) is 76.0 Å². The molecule has 4 bridgehead atoms. The number of carbonyl (C=O) groups excluding carboxylic acids is 1. The molecular formula is C12H23N5O+2. The Hall–Kier alpha value is -1.27. The number of fused-ring (bicyclic) bond motifs is 1. The van der Waals surface area contributed by atoms with Gasteiger partial charge in [-0.05, 0) is 6.42 Å². The highest BCUT2D eigenvalue weighted by Gasteiger charge is 2.52. The number of nitrogens with two attached hydrogens (primary N) is 1. The van der Waals surface area contributed by atoms with E-state index in [1.165, 1.54) is 37.4 Å². The fourth-order valence-corrected chi connectivity index (χ4v) is 4.02. The zero-order chi connectivity index (χ0) is 12.8. The minimum atomic E-state index is -0.513. The minimum Gasteiger partial charge on any atom is -0.350 e. The van der Waals surface area contributed by atoms with Gasteiger partial charge in [-0.3, -0.25) is 10.9 Å². The van der Waals surface area contributed by atoms with Crippen molar-refractivity contribution in [3.8, 4) is 0 Å². The van der Waals surface area contributed by atoms with Crippen molar-refractivity contribution in [2.75, 3.05) is 39.3 Å². The summed E-state index contributed by atoms with van der Waals surface area (Å²) in [6.45, 7) is 9.40. The van der Waals surface area contributed by atoms with Crippen LogP contribution in [0.5, 0.6) is 0 Å². The van der Waals surface area contributed by atoms with E-state index >= 15 is 0 Å². The number of hydrogen-bond acceptors (Lipinski definition) is 2. The predicted molar refractivity (Wildman–Crippen MR) is 66.7 cm³/mol. The van der Waals surface area contributed by atoms with E-state index in [-0.39, 0.29) is 5.41 Å². The molecule has 4 rings (SSSR count). The maximum Gasteiger partial charge on any atom is 0.330 e. The van der Waals surface area contributed by atoms with E-state index in [0.717, 1.165) is 19.5 Å². The van der Waals surface area contributed by atoms with E-state index in [9.17, 15) is 4.79 Å². The first kappa shape index (κ1) is 11.8. The number of rotatable bonds is 3. The van der Waals surface area contributed by atoms with Gasteiger partial charge in [-0.25, -0.2) is 4.79 Å². The molecule has 4 aliphatic heterocycles. The van der Waals surface area contributed by atoms with Gasteiger partial charge in [-0.15, -0.1) is 0 Å². The number of hydrazine groups is 1. The van der Waals surface area contributed by atoms with Gasteiger partial charge in [0.05, 0.1) is 24.4 Å². The highest BCUT2D eigenvalue weighted by atomic mass is 16.2. The van der Waals surface area contributed by atoms with Gasteiger partial charge in [-0.1, -0.05) is 6.92 Å². The molecule has 0 aromatic rings. The summed E-state index contributed by atoms with van der Waals surface area (Å²) < 4.78 is 0. The normalized spacial score (nSPS) is 37.6. The van der Waals surface area contributed by atoms with Crippen LogP contribution in [-0.4, -0.2) is 45.3 Å². The quantitative estimate of drug-likeness (QED) is 0.341. The van der Waals surface area contributed by atoms with Crippen LogP contribution in [0.25, 0.3) is 0 Å². The number of urea groups is 1. The van der Waals surface area contributed by atoms with E-state index in [0.29, 0.717) is 0 Å². The first-order valence-corrected chi connectivity index (χ1v) is 6.84. The second-order valence-electron chi connectivity index (χ2n) is 5.93. The molecule has 4 aliphatic rings. The molecule has 0 aromatic heterocycles. The summed E-state index contributed by atoms with van der Waals surface area (Å²) >= 11 is 0. The average molecular weight is 253 g/mol. The van der Waals surface area contributed by atoms with E-state index in [1.54, 1.807) is 9.80 Å². The Bertz CT molecular complexity index is 387. The van der Waals surface area contributed by atoms with Crippen molar-refractivity contribution in [1.82, 2.24) is 10.9 Å². The smallest absolute Gasteiger partial charge is 0.330 e. The summed E-state index contributed by atoms with van der Waals surface area (Å²) in [5.74, 6) is 0. The van der Waals surface area contributed by atoms with Crippen LogP contribution in [0.15, 0.2) is 11.3 Å². The second kappa shape index (κ2) is 4.13. The Morgan fingerprint density at radius 1 is 1.33 bits per heavy atom. The predicted octanol–water partition coefficient (Wildman–Crippen LogP) is -3.38. The number of amides is 2. The largest absolute Gasteiger partial charge is 0.350 e. The van der Waals surface area contributed by atoms with Gasteiger partial charge in [-0.2, -0.15) is 0 Å². The molecule has 2 fully saturated rings. The number of carbonyl (C=O) groups is 1. The third kappa shape index (κ3) is 1.76. The molecule has 0 aromatic carbocycles. The summed E-state index contributed by atoms with van der Waals surface area (Å²) in [7, 11) is 0. The Labute approximate surface area is 107 Å². The summed E-state index contributed by atoms with van der Waals surface area (Å²) in [5, 5.41) is 0.